The lowest BCUT2D eigenvalue weighted by molar-refractivity contribution is -0.117. The van der Waals surface area contributed by atoms with Crippen LogP contribution in [0.25, 0.3) is 0 Å². The molecular formula is C13H16N4O3. The number of anilines is 1. The van der Waals surface area contributed by atoms with Crippen LogP contribution >= 0.6 is 0 Å². The Kier molecular flexibility index (Phi) is 3.90. The number of phenolic OH excluding ortho intramolecular Hbond substituents is 2. The number of aromatic nitrogens is 2. The maximum absolute atomic E-state index is 11.9. The molecule has 2 aromatic rings. The minimum atomic E-state index is -0.777. The van der Waals surface area contributed by atoms with E-state index >= 15 is 0 Å². The average molecular weight is 276 g/mol. The van der Waals surface area contributed by atoms with E-state index in [1.807, 2.05) is 0 Å². The van der Waals surface area contributed by atoms with Gasteiger partial charge >= 0.3 is 0 Å². The summed E-state index contributed by atoms with van der Waals surface area (Å²) in [6.07, 6.45) is 1.95. The first-order valence-electron chi connectivity index (χ1n) is 6.02. The summed E-state index contributed by atoms with van der Waals surface area (Å²) in [7, 11) is 1.74. The maximum Gasteiger partial charge on any atom is 0.242 e. The number of aromatic hydroxyl groups is 2. The van der Waals surface area contributed by atoms with Crippen LogP contribution in [0.2, 0.25) is 0 Å². The molecule has 0 radical (unpaired) electrons. The molecule has 1 heterocycles. The lowest BCUT2D eigenvalue weighted by Gasteiger charge is -2.11. The van der Waals surface area contributed by atoms with Crippen LogP contribution in [0.4, 0.5) is 5.82 Å². The number of amides is 1. The zero-order chi connectivity index (χ0) is 14.7. The highest BCUT2D eigenvalue weighted by atomic mass is 16.3. The average Bonchev–Trinajstić information content (AvgIpc) is 2.79. The minimum Gasteiger partial charge on any atom is -0.504 e. The third-order valence-corrected chi connectivity index (χ3v) is 2.80. The molecule has 1 aromatic heterocycles. The zero-order valence-electron chi connectivity index (χ0n) is 10.9. The summed E-state index contributed by atoms with van der Waals surface area (Å²) in [6, 6.07) is 5.22. The SMILES string of the molecule is Cn1ccc(NC(=O)[C@@H](N)Cc2ccc(O)c(O)c2)n1. The van der Waals surface area contributed by atoms with Crippen LogP contribution in [-0.2, 0) is 18.3 Å². The molecule has 2 rings (SSSR count). The lowest BCUT2D eigenvalue weighted by atomic mass is 10.1. The number of hydrogen-bond donors (Lipinski definition) is 4. The van der Waals surface area contributed by atoms with E-state index < -0.39 is 6.04 Å². The summed E-state index contributed by atoms with van der Waals surface area (Å²) in [5.74, 6) is -0.377. The van der Waals surface area contributed by atoms with Crippen molar-refractivity contribution in [3.8, 4) is 11.5 Å². The fraction of sp³-hybridized carbons (Fsp3) is 0.231. The quantitative estimate of drug-likeness (QED) is 0.601. The van der Waals surface area contributed by atoms with Gasteiger partial charge < -0.3 is 21.3 Å². The Morgan fingerprint density at radius 2 is 2.15 bits per heavy atom. The van der Waals surface area contributed by atoms with E-state index in [4.69, 9.17) is 5.73 Å². The Morgan fingerprint density at radius 3 is 2.75 bits per heavy atom. The molecule has 0 bridgehead atoms. The third kappa shape index (κ3) is 3.27. The normalized spacial score (nSPS) is 12.1. The van der Waals surface area contributed by atoms with Crippen LogP contribution in [0.15, 0.2) is 30.5 Å². The molecular weight excluding hydrogens is 260 g/mol. The van der Waals surface area contributed by atoms with Crippen LogP contribution in [0.5, 0.6) is 11.5 Å². The fourth-order valence-corrected chi connectivity index (χ4v) is 1.74. The lowest BCUT2D eigenvalue weighted by Crippen LogP contribution is -2.37. The molecule has 5 N–H and O–H groups in total. The molecule has 1 aromatic carbocycles. The first-order valence-corrected chi connectivity index (χ1v) is 6.02. The van der Waals surface area contributed by atoms with Gasteiger partial charge in [0.15, 0.2) is 17.3 Å². The highest BCUT2D eigenvalue weighted by Crippen LogP contribution is 2.25. The number of aryl methyl sites for hydroxylation is 1. The van der Waals surface area contributed by atoms with Gasteiger partial charge in [0.1, 0.15) is 0 Å². The summed E-state index contributed by atoms with van der Waals surface area (Å²) in [5, 5.41) is 25.2. The Balaban J connectivity index is 1.98. The molecule has 0 aliphatic carbocycles. The van der Waals surface area contributed by atoms with Gasteiger partial charge in [0.2, 0.25) is 5.91 Å². The number of benzene rings is 1. The fourth-order valence-electron chi connectivity index (χ4n) is 1.74. The number of nitrogens with two attached hydrogens (primary N) is 1. The molecule has 7 heteroatoms. The predicted molar refractivity (Wildman–Crippen MR) is 73.3 cm³/mol. The van der Waals surface area contributed by atoms with Crippen molar-refractivity contribution in [3.05, 3.63) is 36.0 Å². The van der Waals surface area contributed by atoms with E-state index in [1.165, 1.54) is 12.1 Å². The van der Waals surface area contributed by atoms with Crippen molar-refractivity contribution in [2.24, 2.45) is 12.8 Å². The van der Waals surface area contributed by atoms with Gasteiger partial charge in [0.25, 0.3) is 0 Å². The largest absolute Gasteiger partial charge is 0.504 e. The van der Waals surface area contributed by atoms with Crippen molar-refractivity contribution in [2.75, 3.05) is 5.32 Å². The molecule has 1 amide bonds. The highest BCUT2D eigenvalue weighted by Gasteiger charge is 2.16. The smallest absolute Gasteiger partial charge is 0.242 e. The Hall–Kier alpha value is -2.54. The van der Waals surface area contributed by atoms with Crippen molar-refractivity contribution < 1.29 is 15.0 Å². The summed E-state index contributed by atoms with van der Waals surface area (Å²) in [4.78, 5) is 11.9. The molecule has 0 fully saturated rings. The van der Waals surface area contributed by atoms with E-state index in [9.17, 15) is 15.0 Å². The standard InChI is InChI=1S/C13H16N4O3/c1-17-5-4-12(16-17)15-13(20)9(14)6-8-2-3-10(18)11(19)7-8/h2-5,7,9,18-19H,6,14H2,1H3,(H,15,16,20)/t9-/m0/s1. The van der Waals surface area contributed by atoms with Crippen LogP contribution in [0.3, 0.4) is 0 Å². The molecule has 0 saturated heterocycles. The summed E-state index contributed by atoms with van der Waals surface area (Å²) >= 11 is 0. The van der Waals surface area contributed by atoms with E-state index in [0.717, 1.165) is 0 Å². The number of carbonyl (C=O) groups excluding carboxylic acids is 1. The Bertz CT molecular complexity index is 624. The van der Waals surface area contributed by atoms with E-state index in [-0.39, 0.29) is 23.8 Å². The molecule has 106 valence electrons. The van der Waals surface area contributed by atoms with Crippen molar-refractivity contribution in [2.45, 2.75) is 12.5 Å². The number of phenols is 2. The number of carbonyl (C=O) groups is 1. The van der Waals surface area contributed by atoms with Gasteiger partial charge in [-0.3, -0.25) is 9.48 Å². The monoisotopic (exact) mass is 276 g/mol. The topological polar surface area (TPSA) is 113 Å². The van der Waals surface area contributed by atoms with Gasteiger partial charge in [-0.1, -0.05) is 6.07 Å². The molecule has 20 heavy (non-hydrogen) atoms. The van der Waals surface area contributed by atoms with E-state index in [2.05, 4.69) is 10.4 Å². The Labute approximate surface area is 115 Å². The molecule has 7 nitrogen and oxygen atoms in total. The molecule has 0 unspecified atom stereocenters. The first-order chi connectivity index (χ1) is 9.45. The van der Waals surface area contributed by atoms with Gasteiger partial charge in [-0.2, -0.15) is 5.10 Å². The van der Waals surface area contributed by atoms with Gasteiger partial charge in [-0.05, 0) is 24.1 Å². The van der Waals surface area contributed by atoms with Crippen molar-refractivity contribution in [1.82, 2.24) is 9.78 Å². The minimum absolute atomic E-state index is 0.208. The second-order valence-electron chi connectivity index (χ2n) is 4.50. The molecule has 0 aliphatic rings. The van der Waals surface area contributed by atoms with Gasteiger partial charge in [0, 0.05) is 19.3 Å². The molecule has 0 saturated carbocycles. The molecule has 1 atom stereocenters. The summed E-state index contributed by atoms with van der Waals surface area (Å²) < 4.78 is 1.57. The highest BCUT2D eigenvalue weighted by molar-refractivity contribution is 5.94. The van der Waals surface area contributed by atoms with Gasteiger partial charge in [-0.15, -0.1) is 0 Å². The second-order valence-corrected chi connectivity index (χ2v) is 4.50. The second kappa shape index (κ2) is 5.62. The zero-order valence-corrected chi connectivity index (χ0v) is 10.9. The Morgan fingerprint density at radius 1 is 1.40 bits per heavy atom. The number of hydrogen-bond acceptors (Lipinski definition) is 5. The maximum atomic E-state index is 11.9. The van der Waals surface area contributed by atoms with Gasteiger partial charge in [0.05, 0.1) is 6.04 Å². The predicted octanol–water partition coefficient (Wildman–Crippen LogP) is 0.340. The number of rotatable bonds is 4. The van der Waals surface area contributed by atoms with Crippen LogP contribution in [0.1, 0.15) is 5.56 Å². The first kappa shape index (κ1) is 13.9. The molecule has 0 spiro atoms. The van der Waals surface area contributed by atoms with Crippen LogP contribution in [0, 0.1) is 0 Å². The van der Waals surface area contributed by atoms with Crippen LogP contribution < -0.4 is 11.1 Å². The molecule has 0 aliphatic heterocycles. The van der Waals surface area contributed by atoms with Crippen molar-refractivity contribution in [1.29, 1.82) is 0 Å². The van der Waals surface area contributed by atoms with Crippen LogP contribution in [-0.4, -0.2) is 31.9 Å². The number of nitrogens with zero attached hydrogens (tertiary/aromatic N) is 2. The van der Waals surface area contributed by atoms with E-state index in [1.54, 1.807) is 30.1 Å². The van der Waals surface area contributed by atoms with Gasteiger partial charge in [-0.25, -0.2) is 0 Å². The third-order valence-electron chi connectivity index (χ3n) is 2.80. The van der Waals surface area contributed by atoms with Crippen molar-refractivity contribution in [3.63, 3.8) is 0 Å². The van der Waals surface area contributed by atoms with Crippen molar-refractivity contribution >= 4 is 11.7 Å². The summed E-state index contributed by atoms with van der Waals surface area (Å²) in [5.41, 5.74) is 6.46. The van der Waals surface area contributed by atoms with E-state index in [0.29, 0.717) is 11.4 Å². The number of nitrogens with one attached hydrogen (secondary N) is 1. The summed E-state index contributed by atoms with van der Waals surface area (Å²) in [6.45, 7) is 0.